The maximum absolute atomic E-state index is 11.1. The van der Waals surface area contributed by atoms with E-state index >= 15 is 0 Å². The van der Waals surface area contributed by atoms with Gasteiger partial charge in [0.05, 0.1) is 5.54 Å². The third-order valence-corrected chi connectivity index (χ3v) is 1.41. The topological polar surface area (TPSA) is 41.1 Å². The Labute approximate surface area is 73.9 Å². The summed E-state index contributed by atoms with van der Waals surface area (Å²) >= 11 is 0. The molecule has 1 amide bonds. The molecule has 0 rings (SSSR count). The maximum Gasteiger partial charge on any atom is 0.222 e. The van der Waals surface area contributed by atoms with E-state index in [4.69, 9.17) is 6.42 Å². The number of terminal acetylenes is 1. The fourth-order valence-electron chi connectivity index (χ4n) is 0.686. The van der Waals surface area contributed by atoms with Crippen molar-refractivity contribution in [3.05, 3.63) is 0 Å². The zero-order valence-electron chi connectivity index (χ0n) is 7.90. The summed E-state index contributed by atoms with van der Waals surface area (Å²) in [5.74, 6) is 2.48. The predicted molar refractivity (Wildman–Crippen MR) is 49.6 cm³/mol. The van der Waals surface area contributed by atoms with Crippen molar-refractivity contribution in [2.24, 2.45) is 0 Å². The van der Waals surface area contributed by atoms with Crippen LogP contribution in [0.3, 0.4) is 0 Å². The zero-order valence-corrected chi connectivity index (χ0v) is 7.90. The third kappa shape index (κ3) is 4.75. The van der Waals surface area contributed by atoms with Crippen molar-refractivity contribution in [3.63, 3.8) is 0 Å². The quantitative estimate of drug-likeness (QED) is 0.586. The average molecular weight is 168 g/mol. The van der Waals surface area contributed by atoms with Crippen LogP contribution < -0.4 is 10.6 Å². The van der Waals surface area contributed by atoms with E-state index in [1.165, 1.54) is 0 Å². The highest BCUT2D eigenvalue weighted by molar-refractivity contribution is 5.77. The molecular weight excluding hydrogens is 152 g/mol. The summed E-state index contributed by atoms with van der Waals surface area (Å²) in [7, 11) is 1.81. The number of amides is 1. The fraction of sp³-hybridized carbons (Fsp3) is 0.667. The van der Waals surface area contributed by atoms with Gasteiger partial charge in [-0.2, -0.15) is 0 Å². The molecule has 0 heterocycles. The van der Waals surface area contributed by atoms with E-state index in [0.717, 1.165) is 0 Å². The van der Waals surface area contributed by atoms with Crippen molar-refractivity contribution >= 4 is 5.91 Å². The van der Waals surface area contributed by atoms with E-state index in [1.54, 1.807) is 20.9 Å². The standard InChI is InChI=1S/C9H16N2O/c1-5-9(2,3)11-8(12)6-7-10-4/h1,10H,6-7H2,2-4H3,(H,11,12). The largest absolute Gasteiger partial charge is 0.340 e. The monoisotopic (exact) mass is 168 g/mol. The summed E-state index contributed by atoms with van der Waals surface area (Å²) < 4.78 is 0. The Morgan fingerprint density at radius 1 is 1.58 bits per heavy atom. The first-order valence-electron chi connectivity index (χ1n) is 3.95. The van der Waals surface area contributed by atoms with Crippen LogP contribution >= 0.6 is 0 Å². The van der Waals surface area contributed by atoms with Crippen LogP contribution in [0.2, 0.25) is 0 Å². The lowest BCUT2D eigenvalue weighted by atomic mass is 10.1. The summed E-state index contributed by atoms with van der Waals surface area (Å²) in [5.41, 5.74) is -0.537. The van der Waals surface area contributed by atoms with Crippen LogP contribution in [0.5, 0.6) is 0 Å². The third-order valence-electron chi connectivity index (χ3n) is 1.41. The molecule has 0 fully saturated rings. The highest BCUT2D eigenvalue weighted by atomic mass is 16.1. The van der Waals surface area contributed by atoms with Gasteiger partial charge in [0.1, 0.15) is 0 Å². The van der Waals surface area contributed by atoms with Gasteiger partial charge in [0.25, 0.3) is 0 Å². The number of carbonyl (C=O) groups is 1. The minimum Gasteiger partial charge on any atom is -0.340 e. The number of hydrogen-bond donors (Lipinski definition) is 2. The molecule has 0 aromatic carbocycles. The molecule has 3 nitrogen and oxygen atoms in total. The van der Waals surface area contributed by atoms with Gasteiger partial charge in [0.15, 0.2) is 0 Å². The Bertz CT molecular complexity index is 191. The van der Waals surface area contributed by atoms with Crippen LogP contribution in [-0.4, -0.2) is 25.0 Å². The second kappa shape index (κ2) is 4.78. The molecule has 0 saturated heterocycles. The normalized spacial score (nSPS) is 10.5. The van der Waals surface area contributed by atoms with E-state index < -0.39 is 5.54 Å². The van der Waals surface area contributed by atoms with Gasteiger partial charge >= 0.3 is 0 Å². The molecule has 0 spiro atoms. The lowest BCUT2D eigenvalue weighted by molar-refractivity contribution is -0.122. The second-order valence-electron chi connectivity index (χ2n) is 3.17. The summed E-state index contributed by atoms with van der Waals surface area (Å²) in [6, 6.07) is 0. The Hall–Kier alpha value is -1.01. The molecule has 0 aromatic rings. The minimum atomic E-state index is -0.537. The molecule has 3 heteroatoms. The molecule has 0 saturated carbocycles. The number of hydrogen-bond acceptors (Lipinski definition) is 2. The first-order chi connectivity index (χ1) is 5.52. The minimum absolute atomic E-state index is 0.0210. The number of rotatable bonds is 4. The predicted octanol–water partition coefficient (Wildman–Crippen LogP) is 0.124. The Morgan fingerprint density at radius 3 is 2.58 bits per heavy atom. The molecule has 68 valence electrons. The van der Waals surface area contributed by atoms with Gasteiger partial charge in [-0.15, -0.1) is 6.42 Å². The molecule has 0 unspecified atom stereocenters. The van der Waals surface area contributed by atoms with Crippen LogP contribution in [0.15, 0.2) is 0 Å². The van der Waals surface area contributed by atoms with Gasteiger partial charge in [0.2, 0.25) is 5.91 Å². The Morgan fingerprint density at radius 2 is 2.17 bits per heavy atom. The molecule has 0 aromatic heterocycles. The number of nitrogens with one attached hydrogen (secondary N) is 2. The zero-order chi connectivity index (χ0) is 9.61. The van der Waals surface area contributed by atoms with Crippen molar-refractivity contribution in [1.29, 1.82) is 0 Å². The summed E-state index contributed by atoms with van der Waals surface area (Å²) in [5, 5.41) is 5.62. The van der Waals surface area contributed by atoms with Crippen molar-refractivity contribution < 1.29 is 4.79 Å². The first kappa shape index (κ1) is 11.0. The van der Waals surface area contributed by atoms with Crippen LogP contribution in [0.25, 0.3) is 0 Å². The highest BCUT2D eigenvalue weighted by Gasteiger charge is 2.15. The Balaban J connectivity index is 3.78. The molecular formula is C9H16N2O. The molecule has 0 aliphatic heterocycles. The maximum atomic E-state index is 11.1. The van der Waals surface area contributed by atoms with E-state index in [0.29, 0.717) is 13.0 Å². The van der Waals surface area contributed by atoms with Gasteiger partial charge in [-0.3, -0.25) is 4.79 Å². The lowest BCUT2D eigenvalue weighted by Crippen LogP contribution is -2.42. The van der Waals surface area contributed by atoms with E-state index in [2.05, 4.69) is 16.6 Å². The van der Waals surface area contributed by atoms with Crippen molar-refractivity contribution in [2.75, 3.05) is 13.6 Å². The van der Waals surface area contributed by atoms with Crippen LogP contribution in [0.1, 0.15) is 20.3 Å². The lowest BCUT2D eigenvalue weighted by Gasteiger charge is -2.19. The van der Waals surface area contributed by atoms with Gasteiger partial charge in [-0.25, -0.2) is 0 Å². The van der Waals surface area contributed by atoms with E-state index in [1.807, 2.05) is 0 Å². The summed E-state index contributed by atoms with van der Waals surface area (Å²) in [4.78, 5) is 11.1. The van der Waals surface area contributed by atoms with Crippen LogP contribution in [-0.2, 0) is 4.79 Å². The highest BCUT2D eigenvalue weighted by Crippen LogP contribution is 1.98. The fourth-order valence-corrected chi connectivity index (χ4v) is 0.686. The van der Waals surface area contributed by atoms with Crippen molar-refractivity contribution in [3.8, 4) is 12.3 Å². The molecule has 0 aliphatic rings. The Kier molecular flexibility index (Phi) is 4.38. The molecule has 0 atom stereocenters. The molecule has 12 heavy (non-hydrogen) atoms. The number of carbonyl (C=O) groups excluding carboxylic acids is 1. The molecule has 0 radical (unpaired) electrons. The van der Waals surface area contributed by atoms with E-state index in [-0.39, 0.29) is 5.91 Å². The molecule has 0 aliphatic carbocycles. The van der Waals surface area contributed by atoms with Gasteiger partial charge in [0, 0.05) is 13.0 Å². The van der Waals surface area contributed by atoms with Gasteiger partial charge in [-0.05, 0) is 20.9 Å². The smallest absolute Gasteiger partial charge is 0.222 e. The van der Waals surface area contributed by atoms with Crippen LogP contribution in [0.4, 0.5) is 0 Å². The molecule has 0 bridgehead atoms. The van der Waals surface area contributed by atoms with Gasteiger partial charge in [-0.1, -0.05) is 5.92 Å². The summed E-state index contributed by atoms with van der Waals surface area (Å²) in [6.07, 6.45) is 5.66. The second-order valence-corrected chi connectivity index (χ2v) is 3.17. The molecule has 2 N–H and O–H groups in total. The average Bonchev–Trinajstić information content (AvgIpc) is 2.00. The van der Waals surface area contributed by atoms with E-state index in [9.17, 15) is 4.79 Å². The SMILES string of the molecule is C#CC(C)(C)NC(=O)CCNC. The van der Waals surface area contributed by atoms with Gasteiger partial charge < -0.3 is 10.6 Å². The van der Waals surface area contributed by atoms with Crippen molar-refractivity contribution in [1.82, 2.24) is 10.6 Å². The summed E-state index contributed by atoms with van der Waals surface area (Å²) in [6.45, 7) is 4.26. The van der Waals surface area contributed by atoms with Crippen LogP contribution in [0, 0.1) is 12.3 Å². The first-order valence-corrected chi connectivity index (χ1v) is 3.95. The van der Waals surface area contributed by atoms with Crippen molar-refractivity contribution in [2.45, 2.75) is 25.8 Å².